The van der Waals surface area contributed by atoms with Gasteiger partial charge in [0.25, 0.3) is 0 Å². The highest BCUT2D eigenvalue weighted by atomic mass is 32.1. The maximum Gasteiger partial charge on any atom is 0.124 e. The lowest BCUT2D eigenvalue weighted by atomic mass is 9.82. The summed E-state index contributed by atoms with van der Waals surface area (Å²) in [4.78, 5) is 7.57. The second-order valence-electron chi connectivity index (χ2n) is 10.9. The van der Waals surface area contributed by atoms with Gasteiger partial charge in [0.05, 0.1) is 5.69 Å². The van der Waals surface area contributed by atoms with Crippen molar-refractivity contribution in [3.8, 4) is 22.4 Å². The van der Waals surface area contributed by atoms with E-state index in [1.807, 2.05) is 0 Å². The molecule has 0 bridgehead atoms. The zero-order valence-corrected chi connectivity index (χ0v) is 21.9. The Morgan fingerprint density at radius 1 is 0.824 bits per heavy atom. The normalized spacial score (nSPS) is 12.2. The van der Waals surface area contributed by atoms with Gasteiger partial charge in [0, 0.05) is 15.8 Å². The maximum atomic E-state index is 5.16. The van der Waals surface area contributed by atoms with Gasteiger partial charge in [-0.1, -0.05) is 83.1 Å². The molecule has 0 aliphatic rings. The van der Waals surface area contributed by atoms with E-state index in [0.717, 1.165) is 16.9 Å². The third kappa shape index (κ3) is 4.40. The molecule has 1 nitrogen and oxygen atoms in total. The molecule has 0 aliphatic heterocycles. The van der Waals surface area contributed by atoms with Gasteiger partial charge < -0.3 is 0 Å². The fourth-order valence-corrected chi connectivity index (χ4v) is 5.80. The second kappa shape index (κ2) is 8.67. The highest BCUT2D eigenvalue weighted by molar-refractivity contribution is 7.18. The molecule has 0 amide bonds. The molecule has 5 rings (SSSR count). The molecule has 5 aromatic rings. The molecule has 0 atom stereocenters. The average Bonchev–Trinajstić information content (AvgIpc) is 3.17. The fraction of sp³-hybridized carbons (Fsp3) is 0.281. The van der Waals surface area contributed by atoms with Gasteiger partial charge in [0.1, 0.15) is 4.83 Å². The minimum Gasteiger partial charge on any atom is -0.237 e. The maximum absolute atomic E-state index is 5.16. The molecular weight excluding hydrogens is 430 g/mol. The number of rotatable bonds is 4. The Hall–Kier alpha value is -2.97. The summed E-state index contributed by atoms with van der Waals surface area (Å²) in [5.74, 6) is 0.662. The molecule has 0 spiro atoms. The van der Waals surface area contributed by atoms with E-state index in [-0.39, 0.29) is 5.41 Å². The van der Waals surface area contributed by atoms with Crippen molar-refractivity contribution < 1.29 is 0 Å². The molecule has 2 heteroatoms. The van der Waals surface area contributed by atoms with Crippen LogP contribution in [-0.2, 0) is 11.8 Å². The minimum atomic E-state index is 0.0499. The number of aromatic nitrogens is 1. The van der Waals surface area contributed by atoms with Crippen LogP contribution in [0.1, 0.15) is 50.6 Å². The lowest BCUT2D eigenvalue weighted by molar-refractivity contribution is 0.596. The number of aryl methyl sites for hydroxylation is 1. The summed E-state index contributed by atoms with van der Waals surface area (Å²) in [6, 6.07) is 27.1. The van der Waals surface area contributed by atoms with Crippen molar-refractivity contribution in [2.24, 2.45) is 5.92 Å². The van der Waals surface area contributed by atoms with Gasteiger partial charge in [-0.2, -0.15) is 0 Å². The van der Waals surface area contributed by atoms with Crippen molar-refractivity contribution in [2.45, 2.75) is 53.4 Å². The number of benzene rings is 3. The first kappa shape index (κ1) is 22.8. The Kier molecular flexibility index (Phi) is 5.81. The van der Waals surface area contributed by atoms with E-state index in [2.05, 4.69) is 114 Å². The van der Waals surface area contributed by atoms with Crippen molar-refractivity contribution in [3.05, 3.63) is 88.8 Å². The molecule has 0 fully saturated rings. The van der Waals surface area contributed by atoms with Crippen molar-refractivity contribution in [3.63, 3.8) is 0 Å². The average molecular weight is 464 g/mol. The summed E-state index contributed by atoms with van der Waals surface area (Å²) in [6.07, 6.45) is 1.11. The van der Waals surface area contributed by atoms with E-state index in [0.29, 0.717) is 5.92 Å². The van der Waals surface area contributed by atoms with Gasteiger partial charge in [-0.3, -0.25) is 0 Å². The van der Waals surface area contributed by atoms with Gasteiger partial charge in [-0.05, 0) is 82.0 Å². The number of pyridine rings is 1. The van der Waals surface area contributed by atoms with Crippen LogP contribution in [0.4, 0.5) is 0 Å². The third-order valence-electron chi connectivity index (χ3n) is 6.50. The van der Waals surface area contributed by atoms with E-state index < -0.39 is 0 Å². The van der Waals surface area contributed by atoms with Crippen LogP contribution in [0.25, 0.3) is 43.4 Å². The highest BCUT2D eigenvalue weighted by Gasteiger charge is 2.19. The highest BCUT2D eigenvalue weighted by Crippen LogP contribution is 2.39. The predicted molar refractivity (Wildman–Crippen MR) is 150 cm³/mol. The summed E-state index contributed by atoms with van der Waals surface area (Å²) < 4.78 is 0. The second-order valence-corrected chi connectivity index (χ2v) is 12.2. The molecule has 2 heterocycles. The van der Waals surface area contributed by atoms with Gasteiger partial charge in [-0.15, -0.1) is 11.3 Å². The van der Waals surface area contributed by atoms with Crippen LogP contribution >= 0.6 is 11.3 Å². The topological polar surface area (TPSA) is 12.9 Å². The zero-order chi connectivity index (χ0) is 24.0. The largest absolute Gasteiger partial charge is 0.237 e. The molecule has 34 heavy (non-hydrogen) atoms. The third-order valence-corrected chi connectivity index (χ3v) is 7.45. The summed E-state index contributed by atoms with van der Waals surface area (Å²) in [5.41, 5.74) is 7.58. The summed E-state index contributed by atoms with van der Waals surface area (Å²) in [6.45, 7) is 13.6. The number of thiophene rings is 1. The molecular formula is C32H33NS. The van der Waals surface area contributed by atoms with Gasteiger partial charge in [0.2, 0.25) is 0 Å². The lowest BCUT2D eigenvalue weighted by Crippen LogP contribution is -2.12. The predicted octanol–water partition coefficient (Wildman–Crippen LogP) is 9.59. The van der Waals surface area contributed by atoms with Crippen molar-refractivity contribution in [1.29, 1.82) is 0 Å². The van der Waals surface area contributed by atoms with E-state index in [4.69, 9.17) is 4.98 Å². The quantitative estimate of drug-likeness (QED) is 0.258. The van der Waals surface area contributed by atoms with Crippen LogP contribution in [0.2, 0.25) is 0 Å². The molecule has 0 radical (unpaired) electrons. The molecule has 0 unspecified atom stereocenters. The van der Waals surface area contributed by atoms with Crippen LogP contribution in [0.15, 0.2) is 72.8 Å². The number of fused-ring (bicyclic) bond motifs is 2. The Morgan fingerprint density at radius 2 is 1.56 bits per heavy atom. The van der Waals surface area contributed by atoms with Crippen LogP contribution < -0.4 is 0 Å². The minimum absolute atomic E-state index is 0.0499. The molecule has 3 aromatic carbocycles. The standard InChI is InChI=1S/C32H33NS/c1-20(2)15-22-11-13-23(14-12-22)27-19-30(33-31-28(27)16-21(3)34-31)25-17-24-9-7-8-10-26(24)29(18-25)32(4,5)6/h7-14,16-20H,15H2,1-6H3. The summed E-state index contributed by atoms with van der Waals surface area (Å²) in [7, 11) is 0. The van der Waals surface area contributed by atoms with E-state index in [1.165, 1.54) is 48.9 Å². The first-order valence-electron chi connectivity index (χ1n) is 12.2. The monoisotopic (exact) mass is 463 g/mol. The van der Waals surface area contributed by atoms with Crippen LogP contribution in [0, 0.1) is 12.8 Å². The molecule has 2 aromatic heterocycles. The van der Waals surface area contributed by atoms with E-state index >= 15 is 0 Å². The number of nitrogens with zero attached hydrogens (tertiary/aromatic N) is 1. The Labute approximate surface area is 207 Å². The van der Waals surface area contributed by atoms with Crippen LogP contribution in [0.5, 0.6) is 0 Å². The molecule has 172 valence electrons. The molecule has 0 aliphatic carbocycles. The molecule has 0 N–H and O–H groups in total. The van der Waals surface area contributed by atoms with Crippen molar-refractivity contribution >= 4 is 32.3 Å². The fourth-order valence-electron chi connectivity index (χ4n) is 4.89. The van der Waals surface area contributed by atoms with E-state index in [1.54, 1.807) is 11.3 Å². The van der Waals surface area contributed by atoms with Crippen molar-refractivity contribution in [2.75, 3.05) is 0 Å². The Balaban J connectivity index is 1.71. The number of hydrogen-bond acceptors (Lipinski definition) is 2. The first-order chi connectivity index (χ1) is 16.2. The van der Waals surface area contributed by atoms with Gasteiger partial charge >= 0.3 is 0 Å². The smallest absolute Gasteiger partial charge is 0.124 e. The van der Waals surface area contributed by atoms with Gasteiger partial charge in [0.15, 0.2) is 0 Å². The van der Waals surface area contributed by atoms with E-state index in [9.17, 15) is 0 Å². The van der Waals surface area contributed by atoms with Crippen molar-refractivity contribution in [1.82, 2.24) is 4.98 Å². The summed E-state index contributed by atoms with van der Waals surface area (Å²) in [5, 5.41) is 3.85. The SMILES string of the molecule is Cc1cc2c(-c3ccc(CC(C)C)cc3)cc(-c3cc(C(C)(C)C)c4ccccc4c3)nc2s1. The van der Waals surface area contributed by atoms with Gasteiger partial charge in [-0.25, -0.2) is 4.98 Å². The Morgan fingerprint density at radius 3 is 2.26 bits per heavy atom. The zero-order valence-electron chi connectivity index (χ0n) is 21.1. The van der Waals surface area contributed by atoms with Crippen LogP contribution in [-0.4, -0.2) is 4.98 Å². The summed E-state index contributed by atoms with van der Waals surface area (Å²) >= 11 is 1.78. The number of hydrogen-bond donors (Lipinski definition) is 0. The Bertz CT molecular complexity index is 1480. The lowest BCUT2D eigenvalue weighted by Gasteiger charge is -2.23. The molecule has 0 saturated heterocycles. The van der Waals surface area contributed by atoms with Crippen LogP contribution in [0.3, 0.4) is 0 Å². The first-order valence-corrected chi connectivity index (χ1v) is 13.0. The molecule has 0 saturated carbocycles.